The molecule has 0 spiro atoms. The van der Waals surface area contributed by atoms with Gasteiger partial charge in [-0.15, -0.1) is 0 Å². The maximum absolute atomic E-state index is 11.0. The lowest BCUT2D eigenvalue weighted by Crippen LogP contribution is -2.08. The fourth-order valence-corrected chi connectivity index (χ4v) is 1.51. The first-order valence-electron chi connectivity index (χ1n) is 5.39. The first-order chi connectivity index (χ1) is 8.68. The maximum Gasteiger partial charge on any atom is 0.339 e. The number of carbonyl (C=O) groups is 1. The van der Waals surface area contributed by atoms with E-state index in [1.54, 1.807) is 0 Å². The van der Waals surface area contributed by atoms with Gasteiger partial charge in [-0.1, -0.05) is 18.2 Å². The van der Waals surface area contributed by atoms with Gasteiger partial charge in [-0.05, 0) is 18.6 Å². The fourth-order valence-electron chi connectivity index (χ4n) is 1.51. The van der Waals surface area contributed by atoms with Crippen molar-refractivity contribution in [3.05, 3.63) is 53.6 Å². The molecule has 1 aromatic carbocycles. The van der Waals surface area contributed by atoms with E-state index in [2.05, 4.69) is 9.97 Å². The van der Waals surface area contributed by atoms with Gasteiger partial charge in [0, 0.05) is 6.20 Å². The third kappa shape index (κ3) is 2.63. The summed E-state index contributed by atoms with van der Waals surface area (Å²) in [6, 6.07) is 7.53. The molecule has 0 amide bonds. The molecule has 0 aliphatic heterocycles. The molecule has 92 valence electrons. The number of hydrogen-bond acceptors (Lipinski definition) is 4. The minimum Gasteiger partial charge on any atom is -0.487 e. The van der Waals surface area contributed by atoms with Crippen LogP contribution in [0, 0.1) is 6.92 Å². The van der Waals surface area contributed by atoms with Gasteiger partial charge in [0.15, 0.2) is 0 Å². The predicted octanol–water partition coefficient (Wildman–Crippen LogP) is 2.06. The van der Waals surface area contributed by atoms with E-state index in [1.807, 2.05) is 31.2 Å². The molecular weight excluding hydrogens is 232 g/mol. The SMILES string of the molecule is Cc1ccccc1OCc1ncncc1C(=O)O. The van der Waals surface area contributed by atoms with Gasteiger partial charge < -0.3 is 9.84 Å². The van der Waals surface area contributed by atoms with Crippen LogP contribution in [0.4, 0.5) is 0 Å². The van der Waals surface area contributed by atoms with Gasteiger partial charge in [-0.2, -0.15) is 0 Å². The average molecular weight is 244 g/mol. The summed E-state index contributed by atoms with van der Waals surface area (Å²) in [5, 5.41) is 8.98. The minimum atomic E-state index is -1.06. The first-order valence-corrected chi connectivity index (χ1v) is 5.39. The second-order valence-electron chi connectivity index (χ2n) is 3.74. The number of benzene rings is 1. The van der Waals surface area contributed by atoms with Gasteiger partial charge in [0.2, 0.25) is 0 Å². The lowest BCUT2D eigenvalue weighted by atomic mass is 10.2. The van der Waals surface area contributed by atoms with Gasteiger partial charge in [0.05, 0.1) is 5.69 Å². The molecule has 2 rings (SSSR count). The number of aromatic nitrogens is 2. The molecule has 0 aliphatic carbocycles. The summed E-state index contributed by atoms with van der Waals surface area (Å²) in [6.45, 7) is 2.03. The summed E-state index contributed by atoms with van der Waals surface area (Å²) in [7, 11) is 0. The second-order valence-corrected chi connectivity index (χ2v) is 3.74. The standard InChI is InChI=1S/C13H12N2O3/c1-9-4-2-3-5-12(9)18-7-11-10(13(16)17)6-14-8-15-11/h2-6,8H,7H2,1H3,(H,16,17). The average Bonchev–Trinajstić information content (AvgIpc) is 2.38. The Labute approximate surface area is 104 Å². The highest BCUT2D eigenvalue weighted by atomic mass is 16.5. The minimum absolute atomic E-state index is 0.0612. The molecule has 18 heavy (non-hydrogen) atoms. The van der Waals surface area contributed by atoms with Crippen LogP contribution in [0.25, 0.3) is 0 Å². The van der Waals surface area contributed by atoms with Crippen molar-refractivity contribution in [2.75, 3.05) is 0 Å². The molecule has 0 atom stereocenters. The van der Waals surface area contributed by atoms with Crippen LogP contribution in [0.2, 0.25) is 0 Å². The number of hydrogen-bond donors (Lipinski definition) is 1. The van der Waals surface area contributed by atoms with E-state index in [1.165, 1.54) is 12.5 Å². The quantitative estimate of drug-likeness (QED) is 0.891. The number of aromatic carboxylic acids is 1. The van der Waals surface area contributed by atoms with Crippen LogP contribution in [0.5, 0.6) is 5.75 Å². The lowest BCUT2D eigenvalue weighted by molar-refractivity contribution is 0.0692. The Morgan fingerprint density at radius 2 is 2.17 bits per heavy atom. The number of para-hydroxylation sites is 1. The Kier molecular flexibility index (Phi) is 3.52. The van der Waals surface area contributed by atoms with Crippen molar-refractivity contribution < 1.29 is 14.6 Å². The van der Waals surface area contributed by atoms with E-state index in [0.29, 0.717) is 11.4 Å². The van der Waals surface area contributed by atoms with Gasteiger partial charge in [-0.3, -0.25) is 0 Å². The zero-order valence-corrected chi connectivity index (χ0v) is 9.83. The Morgan fingerprint density at radius 1 is 1.39 bits per heavy atom. The smallest absolute Gasteiger partial charge is 0.339 e. The Bertz CT molecular complexity index is 570. The summed E-state index contributed by atoms with van der Waals surface area (Å²) in [5.41, 5.74) is 1.41. The first kappa shape index (κ1) is 12.0. The molecule has 0 saturated carbocycles. The van der Waals surface area contributed by atoms with Gasteiger partial charge in [0.25, 0.3) is 0 Å². The Balaban J connectivity index is 2.16. The van der Waals surface area contributed by atoms with Crippen molar-refractivity contribution in [3.63, 3.8) is 0 Å². The maximum atomic E-state index is 11.0. The molecule has 0 saturated heterocycles. The van der Waals surface area contributed by atoms with Crippen molar-refractivity contribution in [1.82, 2.24) is 9.97 Å². The van der Waals surface area contributed by atoms with Crippen LogP contribution >= 0.6 is 0 Å². The summed E-state index contributed by atoms with van der Waals surface area (Å²) in [5.74, 6) is -0.341. The van der Waals surface area contributed by atoms with Crippen LogP contribution in [0.3, 0.4) is 0 Å². The fraction of sp³-hybridized carbons (Fsp3) is 0.154. The van der Waals surface area contributed by atoms with Crippen LogP contribution < -0.4 is 4.74 Å². The summed E-state index contributed by atoms with van der Waals surface area (Å²) in [6.07, 6.45) is 2.58. The van der Waals surface area contributed by atoms with Gasteiger partial charge in [-0.25, -0.2) is 14.8 Å². The van der Waals surface area contributed by atoms with E-state index in [-0.39, 0.29) is 12.2 Å². The number of aryl methyl sites for hydroxylation is 1. The third-order valence-electron chi connectivity index (χ3n) is 2.48. The molecular formula is C13H12N2O3. The molecule has 5 nitrogen and oxygen atoms in total. The molecule has 0 unspecified atom stereocenters. The number of ether oxygens (including phenoxy) is 1. The predicted molar refractivity (Wildman–Crippen MR) is 64.5 cm³/mol. The van der Waals surface area contributed by atoms with Crippen LogP contribution in [-0.4, -0.2) is 21.0 Å². The van der Waals surface area contributed by atoms with Gasteiger partial charge in [0.1, 0.15) is 24.2 Å². The highest BCUT2D eigenvalue weighted by Crippen LogP contribution is 2.18. The normalized spacial score (nSPS) is 10.1. The molecule has 0 aliphatic rings. The summed E-state index contributed by atoms with van der Waals surface area (Å²) >= 11 is 0. The van der Waals surface area contributed by atoms with Crippen LogP contribution in [-0.2, 0) is 6.61 Å². The molecule has 0 bridgehead atoms. The second kappa shape index (κ2) is 5.27. The number of rotatable bonds is 4. The molecule has 0 radical (unpaired) electrons. The van der Waals surface area contributed by atoms with E-state index in [4.69, 9.17) is 9.84 Å². The zero-order chi connectivity index (χ0) is 13.0. The highest BCUT2D eigenvalue weighted by molar-refractivity contribution is 5.88. The van der Waals surface area contributed by atoms with Crippen molar-refractivity contribution in [2.24, 2.45) is 0 Å². The molecule has 5 heteroatoms. The van der Waals surface area contributed by atoms with Gasteiger partial charge >= 0.3 is 5.97 Å². The van der Waals surface area contributed by atoms with Crippen molar-refractivity contribution >= 4 is 5.97 Å². The molecule has 0 fully saturated rings. The molecule has 1 aromatic heterocycles. The third-order valence-corrected chi connectivity index (χ3v) is 2.48. The number of nitrogens with zero attached hydrogens (tertiary/aromatic N) is 2. The molecule has 1 N–H and O–H groups in total. The van der Waals surface area contributed by atoms with Crippen LogP contribution in [0.1, 0.15) is 21.6 Å². The highest BCUT2D eigenvalue weighted by Gasteiger charge is 2.12. The van der Waals surface area contributed by atoms with Crippen LogP contribution in [0.15, 0.2) is 36.8 Å². The topological polar surface area (TPSA) is 72.3 Å². The lowest BCUT2D eigenvalue weighted by Gasteiger charge is -2.09. The van der Waals surface area contributed by atoms with E-state index in [0.717, 1.165) is 5.56 Å². The molecule has 1 heterocycles. The summed E-state index contributed by atoms with van der Waals surface area (Å²) < 4.78 is 5.56. The molecule has 2 aromatic rings. The van der Waals surface area contributed by atoms with E-state index < -0.39 is 5.97 Å². The van der Waals surface area contributed by atoms with Crippen molar-refractivity contribution in [2.45, 2.75) is 13.5 Å². The van der Waals surface area contributed by atoms with Crippen molar-refractivity contribution in [3.8, 4) is 5.75 Å². The Morgan fingerprint density at radius 3 is 2.89 bits per heavy atom. The number of carboxylic acid groups (broad SMARTS) is 1. The Hall–Kier alpha value is -2.43. The van der Waals surface area contributed by atoms with Crippen molar-refractivity contribution in [1.29, 1.82) is 0 Å². The van der Waals surface area contributed by atoms with E-state index >= 15 is 0 Å². The van der Waals surface area contributed by atoms with E-state index in [9.17, 15) is 4.79 Å². The largest absolute Gasteiger partial charge is 0.487 e. The number of carboxylic acids is 1. The zero-order valence-electron chi connectivity index (χ0n) is 9.83. The summed E-state index contributed by atoms with van der Waals surface area (Å²) in [4.78, 5) is 18.6. The monoisotopic (exact) mass is 244 g/mol.